The van der Waals surface area contributed by atoms with Gasteiger partial charge in [-0.25, -0.2) is 9.97 Å². The van der Waals surface area contributed by atoms with E-state index in [-0.39, 0.29) is 0 Å². The molecule has 0 saturated heterocycles. The van der Waals surface area contributed by atoms with E-state index in [2.05, 4.69) is 43.0 Å². The van der Waals surface area contributed by atoms with E-state index >= 15 is 0 Å². The van der Waals surface area contributed by atoms with Crippen molar-refractivity contribution in [1.82, 2.24) is 15.3 Å². The van der Waals surface area contributed by atoms with Crippen molar-refractivity contribution in [3.8, 4) is 0 Å². The number of aromatic nitrogens is 2. The van der Waals surface area contributed by atoms with Gasteiger partial charge in [-0.2, -0.15) is 11.8 Å². The lowest BCUT2D eigenvalue weighted by atomic mass is 10.1. The Balaban J connectivity index is 2.55. The number of nitrogens with zero attached hydrogens (tertiary/aromatic N) is 2. The highest BCUT2D eigenvalue weighted by molar-refractivity contribution is 7.99. The van der Waals surface area contributed by atoms with Gasteiger partial charge in [-0.1, -0.05) is 13.8 Å². The summed E-state index contributed by atoms with van der Waals surface area (Å²) in [6.07, 6.45) is 0.971. The third-order valence-corrected chi connectivity index (χ3v) is 4.14. The van der Waals surface area contributed by atoms with Gasteiger partial charge in [-0.15, -0.1) is 0 Å². The number of aryl methyl sites for hydroxylation is 2. The quantitative estimate of drug-likeness (QED) is 0.710. The summed E-state index contributed by atoms with van der Waals surface area (Å²) in [5.74, 6) is 1.85. The van der Waals surface area contributed by atoms with Gasteiger partial charge in [0.05, 0.1) is 12.4 Å². The Morgan fingerprint density at radius 3 is 2.35 bits per heavy atom. The van der Waals surface area contributed by atoms with Crippen LogP contribution in [-0.2, 0) is 16.9 Å². The van der Waals surface area contributed by atoms with Crippen LogP contribution in [0.5, 0.6) is 0 Å². The van der Waals surface area contributed by atoms with Gasteiger partial charge in [0, 0.05) is 25.0 Å². The van der Waals surface area contributed by atoms with E-state index in [0.29, 0.717) is 5.25 Å². The lowest BCUT2D eigenvalue weighted by Crippen LogP contribution is -2.22. The van der Waals surface area contributed by atoms with E-state index in [0.717, 1.165) is 49.1 Å². The first-order chi connectivity index (χ1) is 9.54. The normalized spacial score (nSPS) is 11.3. The lowest BCUT2D eigenvalue weighted by Gasteiger charge is -2.12. The molecule has 1 heterocycles. The topological polar surface area (TPSA) is 47.0 Å². The minimum atomic E-state index is 0.615. The third kappa shape index (κ3) is 6.20. The van der Waals surface area contributed by atoms with Crippen molar-refractivity contribution in [2.75, 3.05) is 26.8 Å². The van der Waals surface area contributed by atoms with Gasteiger partial charge in [0.15, 0.2) is 0 Å². The van der Waals surface area contributed by atoms with Crippen LogP contribution >= 0.6 is 11.8 Å². The SMILES string of the molecule is COCCNCCc1c(C)nc(CSC(C)C)nc1C. The minimum Gasteiger partial charge on any atom is -0.383 e. The van der Waals surface area contributed by atoms with Gasteiger partial charge in [0.2, 0.25) is 0 Å². The molecule has 1 rings (SSSR count). The van der Waals surface area contributed by atoms with Crippen LogP contribution in [0.25, 0.3) is 0 Å². The van der Waals surface area contributed by atoms with Crippen LogP contribution in [0.1, 0.15) is 36.6 Å². The molecule has 0 radical (unpaired) electrons. The molecule has 0 bridgehead atoms. The second kappa shape index (κ2) is 9.32. The van der Waals surface area contributed by atoms with Crippen LogP contribution in [0.15, 0.2) is 0 Å². The Morgan fingerprint density at radius 1 is 1.15 bits per heavy atom. The van der Waals surface area contributed by atoms with Crippen molar-refractivity contribution in [2.45, 2.75) is 45.1 Å². The smallest absolute Gasteiger partial charge is 0.138 e. The maximum atomic E-state index is 5.01. The van der Waals surface area contributed by atoms with Crippen molar-refractivity contribution in [3.63, 3.8) is 0 Å². The second-order valence-corrected chi connectivity index (χ2v) is 6.71. The Bertz CT molecular complexity index is 387. The summed E-state index contributed by atoms with van der Waals surface area (Å²) in [5, 5.41) is 3.97. The molecule has 5 heteroatoms. The average molecular weight is 297 g/mol. The van der Waals surface area contributed by atoms with E-state index < -0.39 is 0 Å². The highest BCUT2D eigenvalue weighted by Crippen LogP contribution is 2.17. The second-order valence-electron chi connectivity index (χ2n) is 5.14. The van der Waals surface area contributed by atoms with Gasteiger partial charge in [-0.3, -0.25) is 0 Å². The largest absolute Gasteiger partial charge is 0.383 e. The predicted molar refractivity (Wildman–Crippen MR) is 86.4 cm³/mol. The highest BCUT2D eigenvalue weighted by atomic mass is 32.2. The number of hydrogen-bond acceptors (Lipinski definition) is 5. The fourth-order valence-electron chi connectivity index (χ4n) is 1.99. The Hall–Kier alpha value is -0.650. The van der Waals surface area contributed by atoms with Crippen molar-refractivity contribution in [2.24, 2.45) is 0 Å². The molecule has 0 saturated carbocycles. The molecule has 0 spiro atoms. The Labute approximate surface area is 127 Å². The molecule has 0 aliphatic rings. The van der Waals surface area contributed by atoms with Crippen molar-refractivity contribution >= 4 is 11.8 Å². The fourth-order valence-corrected chi connectivity index (χ4v) is 2.60. The molecule has 0 unspecified atom stereocenters. The Morgan fingerprint density at radius 2 is 1.80 bits per heavy atom. The predicted octanol–water partition coefficient (Wildman–Crippen LogP) is 2.51. The van der Waals surface area contributed by atoms with E-state index in [9.17, 15) is 0 Å². The number of ether oxygens (including phenoxy) is 1. The maximum absolute atomic E-state index is 5.01. The summed E-state index contributed by atoms with van der Waals surface area (Å²) >= 11 is 1.88. The van der Waals surface area contributed by atoms with Crippen molar-refractivity contribution < 1.29 is 4.74 Å². The first-order valence-corrected chi connectivity index (χ1v) is 8.23. The number of methoxy groups -OCH3 is 1. The van der Waals surface area contributed by atoms with Crippen LogP contribution in [0.4, 0.5) is 0 Å². The molecule has 20 heavy (non-hydrogen) atoms. The zero-order valence-corrected chi connectivity index (χ0v) is 14.1. The molecule has 1 aromatic rings. The zero-order chi connectivity index (χ0) is 15.0. The zero-order valence-electron chi connectivity index (χ0n) is 13.3. The molecule has 0 fully saturated rings. The molecule has 114 valence electrons. The van der Waals surface area contributed by atoms with Crippen LogP contribution < -0.4 is 5.32 Å². The number of rotatable bonds is 9. The summed E-state index contributed by atoms with van der Waals surface area (Å²) in [6, 6.07) is 0. The lowest BCUT2D eigenvalue weighted by molar-refractivity contribution is 0.199. The minimum absolute atomic E-state index is 0.615. The van der Waals surface area contributed by atoms with Gasteiger partial charge in [0.25, 0.3) is 0 Å². The Kier molecular flexibility index (Phi) is 8.11. The van der Waals surface area contributed by atoms with Gasteiger partial charge < -0.3 is 10.1 Å². The highest BCUT2D eigenvalue weighted by Gasteiger charge is 2.09. The van der Waals surface area contributed by atoms with E-state index in [1.54, 1.807) is 7.11 Å². The molecule has 0 atom stereocenters. The molecule has 0 aliphatic carbocycles. The molecule has 0 amide bonds. The monoisotopic (exact) mass is 297 g/mol. The van der Waals surface area contributed by atoms with Gasteiger partial charge >= 0.3 is 0 Å². The summed E-state index contributed by atoms with van der Waals surface area (Å²) < 4.78 is 5.01. The number of thioether (sulfide) groups is 1. The summed E-state index contributed by atoms with van der Waals surface area (Å²) in [5.41, 5.74) is 3.50. The summed E-state index contributed by atoms with van der Waals surface area (Å²) in [7, 11) is 1.72. The molecule has 1 aromatic heterocycles. The molecule has 1 N–H and O–H groups in total. The van der Waals surface area contributed by atoms with Crippen LogP contribution in [-0.4, -0.2) is 42.0 Å². The van der Waals surface area contributed by atoms with E-state index in [1.807, 2.05) is 11.8 Å². The van der Waals surface area contributed by atoms with Crippen molar-refractivity contribution in [3.05, 3.63) is 22.8 Å². The average Bonchev–Trinajstić information content (AvgIpc) is 2.38. The van der Waals surface area contributed by atoms with E-state index in [1.165, 1.54) is 5.56 Å². The maximum Gasteiger partial charge on any atom is 0.138 e. The fraction of sp³-hybridized carbons (Fsp3) is 0.733. The van der Waals surface area contributed by atoms with Crippen molar-refractivity contribution in [1.29, 1.82) is 0 Å². The summed E-state index contributed by atoms with van der Waals surface area (Å²) in [6.45, 7) is 11.1. The molecule has 0 aliphatic heterocycles. The first kappa shape index (κ1) is 17.4. The standard InChI is InChI=1S/C15H27N3OS/c1-11(2)20-10-15-17-12(3)14(13(4)18-15)6-7-16-8-9-19-5/h11,16H,6-10H2,1-5H3. The van der Waals surface area contributed by atoms with Crippen LogP contribution in [0, 0.1) is 13.8 Å². The first-order valence-electron chi connectivity index (χ1n) is 7.18. The van der Waals surface area contributed by atoms with E-state index in [4.69, 9.17) is 4.74 Å². The van der Waals surface area contributed by atoms with Crippen LogP contribution in [0.2, 0.25) is 0 Å². The number of nitrogens with one attached hydrogen (secondary N) is 1. The summed E-state index contributed by atoms with van der Waals surface area (Å²) in [4.78, 5) is 9.27. The van der Waals surface area contributed by atoms with Gasteiger partial charge in [-0.05, 0) is 37.6 Å². The molecule has 0 aromatic carbocycles. The van der Waals surface area contributed by atoms with Gasteiger partial charge in [0.1, 0.15) is 5.82 Å². The molecular formula is C15H27N3OS. The van der Waals surface area contributed by atoms with Crippen LogP contribution in [0.3, 0.4) is 0 Å². The molecular weight excluding hydrogens is 270 g/mol. The number of hydrogen-bond donors (Lipinski definition) is 1. The third-order valence-electron chi connectivity index (χ3n) is 3.05. The molecule has 4 nitrogen and oxygen atoms in total.